The monoisotopic (exact) mass is 399 g/mol. The fourth-order valence-corrected chi connectivity index (χ4v) is 3.10. The molecule has 0 saturated carbocycles. The van der Waals surface area contributed by atoms with Gasteiger partial charge in [0, 0.05) is 37.9 Å². The highest BCUT2D eigenvalue weighted by atomic mass is 16.6. The van der Waals surface area contributed by atoms with Gasteiger partial charge < -0.3 is 24.6 Å². The lowest BCUT2D eigenvalue weighted by molar-refractivity contribution is 0.0600. The number of aromatic nitrogens is 2. The van der Waals surface area contributed by atoms with Gasteiger partial charge in [-0.2, -0.15) is 0 Å². The van der Waals surface area contributed by atoms with Crippen LogP contribution in [0.3, 0.4) is 0 Å². The van der Waals surface area contributed by atoms with Crippen molar-refractivity contribution in [2.45, 2.75) is 13.8 Å². The second kappa shape index (κ2) is 9.22. The first-order valence-corrected chi connectivity index (χ1v) is 9.48. The molecule has 0 radical (unpaired) electrons. The summed E-state index contributed by atoms with van der Waals surface area (Å²) in [4.78, 5) is 36.4. The average molecular weight is 399 g/mol. The Balaban J connectivity index is 1.71. The Hall–Kier alpha value is -3.36. The minimum Gasteiger partial charge on any atom is -0.465 e. The van der Waals surface area contributed by atoms with E-state index >= 15 is 0 Å². The summed E-state index contributed by atoms with van der Waals surface area (Å²) in [6.45, 7) is 6.47. The van der Waals surface area contributed by atoms with Gasteiger partial charge in [0.25, 0.3) is 0 Å². The lowest BCUT2D eigenvalue weighted by Gasteiger charge is -2.34. The maximum atomic E-state index is 11.9. The number of benzene rings is 1. The highest BCUT2D eigenvalue weighted by molar-refractivity contribution is 5.90. The van der Waals surface area contributed by atoms with Crippen molar-refractivity contribution in [3.63, 3.8) is 0 Å². The molecule has 0 unspecified atom stereocenters. The fourth-order valence-electron chi connectivity index (χ4n) is 3.10. The Morgan fingerprint density at radius 2 is 1.90 bits per heavy atom. The van der Waals surface area contributed by atoms with Crippen molar-refractivity contribution in [3.05, 3.63) is 41.7 Å². The summed E-state index contributed by atoms with van der Waals surface area (Å²) in [6.07, 6.45) is -0.279. The van der Waals surface area contributed by atoms with Gasteiger partial charge in [0.15, 0.2) is 0 Å². The largest absolute Gasteiger partial charge is 0.465 e. The second-order valence-electron chi connectivity index (χ2n) is 6.53. The Labute approximate surface area is 169 Å². The van der Waals surface area contributed by atoms with Gasteiger partial charge >= 0.3 is 12.1 Å². The van der Waals surface area contributed by atoms with Crippen LogP contribution in [0.5, 0.6) is 0 Å². The van der Waals surface area contributed by atoms with Crippen molar-refractivity contribution in [2.24, 2.45) is 0 Å². The van der Waals surface area contributed by atoms with E-state index < -0.39 is 5.97 Å². The second-order valence-corrected chi connectivity index (χ2v) is 6.53. The summed E-state index contributed by atoms with van der Waals surface area (Å²) < 4.78 is 9.83. The van der Waals surface area contributed by atoms with Crippen LogP contribution >= 0.6 is 0 Å². The van der Waals surface area contributed by atoms with Crippen LogP contribution in [0.1, 0.15) is 23.1 Å². The Morgan fingerprint density at radius 1 is 1.14 bits per heavy atom. The van der Waals surface area contributed by atoms with Crippen LogP contribution in [-0.4, -0.2) is 66.8 Å². The zero-order chi connectivity index (χ0) is 20.8. The summed E-state index contributed by atoms with van der Waals surface area (Å²) in [5.41, 5.74) is 1.18. The third kappa shape index (κ3) is 5.13. The minimum atomic E-state index is -0.396. The number of nitrogens with one attached hydrogen (secondary N) is 1. The molecule has 1 saturated heterocycles. The molecule has 2 heterocycles. The zero-order valence-corrected chi connectivity index (χ0v) is 16.8. The van der Waals surface area contributed by atoms with Crippen molar-refractivity contribution in [1.29, 1.82) is 0 Å². The molecular weight excluding hydrogens is 374 g/mol. The minimum absolute atomic E-state index is 0.279. The summed E-state index contributed by atoms with van der Waals surface area (Å²) >= 11 is 0. The normalized spacial score (nSPS) is 13.8. The molecule has 1 N–H and O–H groups in total. The number of carbonyl (C=O) groups excluding carboxylic acids is 2. The van der Waals surface area contributed by atoms with Crippen LogP contribution in [0.15, 0.2) is 30.3 Å². The summed E-state index contributed by atoms with van der Waals surface area (Å²) in [6, 6.07) is 8.88. The first-order chi connectivity index (χ1) is 14.0. The van der Waals surface area contributed by atoms with Crippen LogP contribution in [0, 0.1) is 6.92 Å². The van der Waals surface area contributed by atoms with Gasteiger partial charge in [0.2, 0.25) is 0 Å². The van der Waals surface area contributed by atoms with Gasteiger partial charge in [-0.05, 0) is 32.0 Å². The summed E-state index contributed by atoms with van der Waals surface area (Å²) in [5, 5.41) is 3.22. The van der Waals surface area contributed by atoms with Gasteiger partial charge in [-0.3, -0.25) is 0 Å². The summed E-state index contributed by atoms with van der Waals surface area (Å²) in [5.74, 6) is 1.64. The highest BCUT2D eigenvalue weighted by Crippen LogP contribution is 2.22. The molecule has 9 nitrogen and oxygen atoms in total. The molecule has 1 amide bonds. The van der Waals surface area contributed by atoms with Crippen LogP contribution in [-0.2, 0) is 9.47 Å². The van der Waals surface area contributed by atoms with Crippen molar-refractivity contribution in [2.75, 3.05) is 50.1 Å². The zero-order valence-electron chi connectivity index (χ0n) is 16.8. The van der Waals surface area contributed by atoms with Gasteiger partial charge in [-0.25, -0.2) is 19.6 Å². The van der Waals surface area contributed by atoms with Crippen LogP contribution < -0.4 is 10.2 Å². The fraction of sp³-hybridized carbons (Fsp3) is 0.400. The molecule has 1 fully saturated rings. The Morgan fingerprint density at radius 3 is 2.59 bits per heavy atom. The van der Waals surface area contributed by atoms with Crippen LogP contribution in [0.4, 0.5) is 22.1 Å². The van der Waals surface area contributed by atoms with Gasteiger partial charge in [-0.1, -0.05) is 6.07 Å². The van der Waals surface area contributed by atoms with E-state index in [4.69, 9.17) is 9.47 Å². The number of methoxy groups -OCH3 is 1. The smallest absolute Gasteiger partial charge is 0.409 e. The number of hydrogen-bond acceptors (Lipinski definition) is 8. The van der Waals surface area contributed by atoms with Gasteiger partial charge in [0.1, 0.15) is 17.5 Å². The molecule has 1 aromatic carbocycles. The quantitative estimate of drug-likeness (QED) is 0.767. The van der Waals surface area contributed by atoms with E-state index in [0.29, 0.717) is 50.0 Å². The number of amides is 1. The molecular formula is C20H25N5O4. The van der Waals surface area contributed by atoms with E-state index in [1.807, 2.05) is 19.1 Å². The molecule has 0 atom stereocenters. The van der Waals surface area contributed by atoms with Gasteiger partial charge in [0.05, 0.1) is 19.3 Å². The van der Waals surface area contributed by atoms with E-state index in [1.165, 1.54) is 7.11 Å². The molecule has 0 bridgehead atoms. The first kappa shape index (κ1) is 20.4. The molecule has 29 heavy (non-hydrogen) atoms. The van der Waals surface area contributed by atoms with E-state index in [9.17, 15) is 9.59 Å². The molecule has 0 spiro atoms. The van der Waals surface area contributed by atoms with E-state index in [-0.39, 0.29) is 6.09 Å². The third-order valence-electron chi connectivity index (χ3n) is 4.51. The third-order valence-corrected chi connectivity index (χ3v) is 4.51. The number of hydrogen-bond donors (Lipinski definition) is 1. The van der Waals surface area contributed by atoms with E-state index in [1.54, 1.807) is 30.0 Å². The maximum Gasteiger partial charge on any atom is 0.409 e. The van der Waals surface area contributed by atoms with Gasteiger partial charge in [-0.15, -0.1) is 0 Å². The topological polar surface area (TPSA) is 96.9 Å². The van der Waals surface area contributed by atoms with Crippen molar-refractivity contribution >= 4 is 29.4 Å². The number of piperazine rings is 1. The van der Waals surface area contributed by atoms with Crippen LogP contribution in [0.25, 0.3) is 0 Å². The average Bonchev–Trinajstić information content (AvgIpc) is 2.73. The predicted octanol–water partition coefficient (Wildman–Crippen LogP) is 2.59. The number of anilines is 3. The number of esters is 1. The number of aryl methyl sites for hydroxylation is 1. The number of carbonyl (C=O) groups is 2. The molecule has 154 valence electrons. The van der Waals surface area contributed by atoms with Crippen LogP contribution in [0.2, 0.25) is 0 Å². The predicted molar refractivity (Wildman–Crippen MR) is 109 cm³/mol. The maximum absolute atomic E-state index is 11.9. The molecule has 3 rings (SSSR count). The van der Waals surface area contributed by atoms with Crippen molar-refractivity contribution in [1.82, 2.24) is 14.9 Å². The molecule has 9 heteroatoms. The molecule has 1 aromatic heterocycles. The lowest BCUT2D eigenvalue weighted by Crippen LogP contribution is -2.49. The standard InChI is InChI=1S/C20H25N5O4/c1-4-29-20(27)25-10-8-24(9-11-25)18-13-17(21-14(2)22-18)23-16-7-5-6-15(12-16)19(26)28-3/h5-7,12-13H,4,8-11H2,1-3H3,(H,21,22,23). The summed E-state index contributed by atoms with van der Waals surface area (Å²) in [7, 11) is 1.35. The first-order valence-electron chi connectivity index (χ1n) is 9.48. The number of ether oxygens (including phenoxy) is 2. The SMILES string of the molecule is CCOC(=O)N1CCN(c2cc(Nc3cccc(C(=O)OC)c3)nc(C)n2)CC1. The lowest BCUT2D eigenvalue weighted by atomic mass is 10.2. The molecule has 1 aliphatic rings. The Kier molecular flexibility index (Phi) is 6.48. The van der Waals surface area contributed by atoms with Crippen molar-refractivity contribution in [3.8, 4) is 0 Å². The number of rotatable bonds is 5. The molecule has 1 aliphatic heterocycles. The van der Waals surface area contributed by atoms with E-state index in [2.05, 4.69) is 20.2 Å². The number of nitrogens with zero attached hydrogens (tertiary/aromatic N) is 4. The molecule has 2 aromatic rings. The highest BCUT2D eigenvalue weighted by Gasteiger charge is 2.23. The van der Waals surface area contributed by atoms with Crippen molar-refractivity contribution < 1.29 is 19.1 Å². The molecule has 0 aliphatic carbocycles. The Bertz CT molecular complexity index is 881. The van der Waals surface area contributed by atoms with E-state index in [0.717, 1.165) is 11.5 Å².